The molecule has 17 heavy (non-hydrogen) atoms. The maximum atomic E-state index is 11.5. The SMILES string of the molecule is CCNCc1nnc(NCC(=O)N(C)CC)o1. The fourth-order valence-corrected chi connectivity index (χ4v) is 1.09. The van der Waals surface area contributed by atoms with Crippen LogP contribution in [0.2, 0.25) is 0 Å². The molecule has 0 aliphatic carbocycles. The maximum absolute atomic E-state index is 11.5. The molecular formula is C10H19N5O2. The van der Waals surface area contributed by atoms with Gasteiger partial charge in [-0.2, -0.15) is 0 Å². The molecule has 0 saturated heterocycles. The van der Waals surface area contributed by atoms with Gasteiger partial charge < -0.3 is 20.0 Å². The van der Waals surface area contributed by atoms with Crippen LogP contribution in [0.15, 0.2) is 4.42 Å². The first-order valence-electron chi connectivity index (χ1n) is 5.68. The van der Waals surface area contributed by atoms with E-state index in [1.807, 2.05) is 13.8 Å². The molecule has 0 radical (unpaired) electrons. The summed E-state index contributed by atoms with van der Waals surface area (Å²) in [7, 11) is 1.74. The van der Waals surface area contributed by atoms with Gasteiger partial charge in [0.05, 0.1) is 13.1 Å². The molecule has 0 spiro atoms. The summed E-state index contributed by atoms with van der Waals surface area (Å²) in [6.45, 7) is 6.12. The largest absolute Gasteiger partial charge is 0.407 e. The zero-order chi connectivity index (χ0) is 12.7. The van der Waals surface area contributed by atoms with Crippen molar-refractivity contribution in [3.8, 4) is 0 Å². The number of nitrogens with zero attached hydrogens (tertiary/aromatic N) is 3. The summed E-state index contributed by atoms with van der Waals surface area (Å²) >= 11 is 0. The highest BCUT2D eigenvalue weighted by molar-refractivity contribution is 5.79. The molecule has 0 aliphatic rings. The van der Waals surface area contributed by atoms with E-state index in [9.17, 15) is 4.79 Å². The molecule has 0 unspecified atom stereocenters. The zero-order valence-electron chi connectivity index (χ0n) is 10.5. The van der Waals surface area contributed by atoms with Crippen LogP contribution >= 0.6 is 0 Å². The van der Waals surface area contributed by atoms with E-state index >= 15 is 0 Å². The number of nitrogens with one attached hydrogen (secondary N) is 2. The first-order chi connectivity index (χ1) is 8.17. The average Bonchev–Trinajstić information content (AvgIpc) is 2.80. The summed E-state index contributed by atoms with van der Waals surface area (Å²) in [4.78, 5) is 13.1. The van der Waals surface area contributed by atoms with Crippen molar-refractivity contribution in [2.45, 2.75) is 20.4 Å². The number of rotatable bonds is 7. The first-order valence-corrected chi connectivity index (χ1v) is 5.68. The van der Waals surface area contributed by atoms with Gasteiger partial charge in [-0.05, 0) is 13.5 Å². The van der Waals surface area contributed by atoms with Crippen molar-refractivity contribution in [2.24, 2.45) is 0 Å². The normalized spacial score (nSPS) is 10.3. The number of likely N-dealkylation sites (N-methyl/N-ethyl adjacent to an activating group) is 1. The summed E-state index contributed by atoms with van der Waals surface area (Å²) < 4.78 is 5.28. The van der Waals surface area contributed by atoms with Crippen LogP contribution < -0.4 is 10.6 Å². The molecule has 0 fully saturated rings. The Balaban J connectivity index is 2.36. The van der Waals surface area contributed by atoms with Crippen LogP contribution in [-0.4, -0.2) is 47.7 Å². The van der Waals surface area contributed by atoms with E-state index in [4.69, 9.17) is 4.42 Å². The average molecular weight is 241 g/mol. The molecule has 1 aromatic heterocycles. The molecule has 0 bridgehead atoms. The van der Waals surface area contributed by atoms with Crippen molar-refractivity contribution in [1.82, 2.24) is 20.4 Å². The Morgan fingerprint density at radius 3 is 2.82 bits per heavy atom. The minimum absolute atomic E-state index is 0.0149. The highest BCUT2D eigenvalue weighted by Crippen LogP contribution is 2.04. The van der Waals surface area contributed by atoms with E-state index in [0.29, 0.717) is 19.0 Å². The second kappa shape index (κ2) is 6.85. The van der Waals surface area contributed by atoms with Gasteiger partial charge in [0, 0.05) is 13.6 Å². The number of carbonyl (C=O) groups excluding carboxylic acids is 1. The Morgan fingerprint density at radius 1 is 1.41 bits per heavy atom. The lowest BCUT2D eigenvalue weighted by molar-refractivity contribution is -0.127. The van der Waals surface area contributed by atoms with Crippen LogP contribution in [0.5, 0.6) is 0 Å². The number of hydrogen-bond donors (Lipinski definition) is 2. The van der Waals surface area contributed by atoms with Crippen LogP contribution in [0.25, 0.3) is 0 Å². The van der Waals surface area contributed by atoms with Crippen molar-refractivity contribution < 1.29 is 9.21 Å². The summed E-state index contributed by atoms with van der Waals surface area (Å²) in [5.41, 5.74) is 0. The lowest BCUT2D eigenvalue weighted by atomic mass is 10.5. The van der Waals surface area contributed by atoms with Gasteiger partial charge in [0.25, 0.3) is 0 Å². The summed E-state index contributed by atoms with van der Waals surface area (Å²) in [6, 6.07) is 0.274. The summed E-state index contributed by atoms with van der Waals surface area (Å²) in [5, 5.41) is 13.5. The quantitative estimate of drug-likeness (QED) is 0.703. The van der Waals surface area contributed by atoms with Gasteiger partial charge in [0.1, 0.15) is 0 Å². The smallest absolute Gasteiger partial charge is 0.315 e. The standard InChI is InChI=1S/C10H19N5O2/c1-4-11-6-8-13-14-10(17-8)12-7-9(16)15(3)5-2/h11H,4-7H2,1-3H3,(H,12,14). The molecular weight excluding hydrogens is 222 g/mol. The Bertz CT molecular complexity index is 352. The van der Waals surface area contributed by atoms with E-state index in [2.05, 4.69) is 20.8 Å². The van der Waals surface area contributed by atoms with Gasteiger partial charge in [-0.15, -0.1) is 5.10 Å². The molecule has 7 nitrogen and oxygen atoms in total. The van der Waals surface area contributed by atoms with E-state index in [-0.39, 0.29) is 18.5 Å². The third kappa shape index (κ3) is 4.39. The van der Waals surface area contributed by atoms with Crippen LogP contribution in [0.1, 0.15) is 19.7 Å². The van der Waals surface area contributed by atoms with Crippen molar-refractivity contribution in [1.29, 1.82) is 0 Å². The second-order valence-corrected chi connectivity index (χ2v) is 3.54. The van der Waals surface area contributed by atoms with Gasteiger partial charge in [0.2, 0.25) is 11.8 Å². The van der Waals surface area contributed by atoms with Gasteiger partial charge in [-0.3, -0.25) is 4.79 Å². The Morgan fingerprint density at radius 2 is 2.18 bits per heavy atom. The highest BCUT2D eigenvalue weighted by Gasteiger charge is 2.09. The van der Waals surface area contributed by atoms with Crippen LogP contribution in [-0.2, 0) is 11.3 Å². The monoisotopic (exact) mass is 241 g/mol. The zero-order valence-corrected chi connectivity index (χ0v) is 10.5. The summed E-state index contributed by atoms with van der Waals surface area (Å²) in [6.07, 6.45) is 0. The van der Waals surface area contributed by atoms with E-state index < -0.39 is 0 Å². The molecule has 0 aromatic carbocycles. The van der Waals surface area contributed by atoms with Crippen LogP contribution in [0.3, 0.4) is 0 Å². The van der Waals surface area contributed by atoms with Crippen LogP contribution in [0.4, 0.5) is 6.01 Å². The molecule has 7 heteroatoms. The number of hydrogen-bond acceptors (Lipinski definition) is 6. The topological polar surface area (TPSA) is 83.3 Å². The van der Waals surface area contributed by atoms with Crippen molar-refractivity contribution in [3.05, 3.63) is 5.89 Å². The van der Waals surface area contributed by atoms with Crippen molar-refractivity contribution in [3.63, 3.8) is 0 Å². The molecule has 1 rings (SSSR count). The number of amides is 1. The molecule has 2 N–H and O–H groups in total. The minimum atomic E-state index is -0.0149. The minimum Gasteiger partial charge on any atom is -0.407 e. The van der Waals surface area contributed by atoms with Gasteiger partial charge in [0.15, 0.2) is 0 Å². The third-order valence-electron chi connectivity index (χ3n) is 2.28. The number of aromatic nitrogens is 2. The maximum Gasteiger partial charge on any atom is 0.315 e. The molecule has 0 atom stereocenters. The second-order valence-electron chi connectivity index (χ2n) is 3.54. The van der Waals surface area contributed by atoms with Gasteiger partial charge >= 0.3 is 6.01 Å². The third-order valence-corrected chi connectivity index (χ3v) is 2.28. The number of anilines is 1. The predicted octanol–water partition coefficient (Wildman–Crippen LogP) is 0.0693. The Kier molecular flexibility index (Phi) is 5.41. The van der Waals surface area contributed by atoms with Crippen molar-refractivity contribution >= 4 is 11.9 Å². The Hall–Kier alpha value is -1.63. The van der Waals surface area contributed by atoms with Crippen molar-refractivity contribution in [2.75, 3.05) is 32.0 Å². The van der Waals surface area contributed by atoms with Crippen LogP contribution in [0, 0.1) is 0 Å². The van der Waals surface area contributed by atoms with Gasteiger partial charge in [-0.1, -0.05) is 12.0 Å². The highest BCUT2D eigenvalue weighted by atomic mass is 16.4. The number of carbonyl (C=O) groups is 1. The first kappa shape index (κ1) is 13.4. The van der Waals surface area contributed by atoms with E-state index in [0.717, 1.165) is 6.54 Å². The predicted molar refractivity (Wildman–Crippen MR) is 63.5 cm³/mol. The lowest BCUT2D eigenvalue weighted by Crippen LogP contribution is -2.31. The Labute approximate surface area is 101 Å². The molecule has 0 aliphatic heterocycles. The molecule has 1 amide bonds. The van der Waals surface area contributed by atoms with Gasteiger partial charge in [-0.25, -0.2) is 0 Å². The van der Waals surface area contributed by atoms with E-state index in [1.54, 1.807) is 11.9 Å². The molecule has 96 valence electrons. The van der Waals surface area contributed by atoms with E-state index in [1.165, 1.54) is 0 Å². The molecule has 1 aromatic rings. The lowest BCUT2D eigenvalue weighted by Gasteiger charge is -2.13. The summed E-state index contributed by atoms with van der Waals surface area (Å²) in [5.74, 6) is 0.490. The fraction of sp³-hybridized carbons (Fsp3) is 0.700. The fourth-order valence-electron chi connectivity index (χ4n) is 1.09. The molecule has 0 saturated carbocycles. The molecule has 1 heterocycles.